The fraction of sp³-hybridized carbons (Fsp3) is 0.500. The Kier molecular flexibility index (Phi) is 8.10. The van der Waals surface area contributed by atoms with E-state index in [1.165, 1.54) is 19.4 Å². The minimum atomic E-state index is -4.88. The van der Waals surface area contributed by atoms with Gasteiger partial charge < -0.3 is 25.0 Å². The Bertz CT molecular complexity index is 838. The summed E-state index contributed by atoms with van der Waals surface area (Å²) >= 11 is 0. The third-order valence-electron chi connectivity index (χ3n) is 4.63. The maximum Gasteiger partial charge on any atom is 0.424 e. The van der Waals surface area contributed by atoms with Crippen molar-refractivity contribution in [3.63, 3.8) is 0 Å². The fourth-order valence-electron chi connectivity index (χ4n) is 3.04. The monoisotopic (exact) mass is 427 g/mol. The van der Waals surface area contributed by atoms with Gasteiger partial charge in [0.1, 0.15) is 11.6 Å². The summed E-state index contributed by atoms with van der Waals surface area (Å²) in [5, 5.41) is 16.5. The van der Waals surface area contributed by atoms with Gasteiger partial charge in [-0.2, -0.15) is 13.2 Å². The zero-order valence-electron chi connectivity index (χ0n) is 17.3. The van der Waals surface area contributed by atoms with Crippen molar-refractivity contribution in [2.45, 2.75) is 31.5 Å². The molecule has 10 heteroatoms. The van der Waals surface area contributed by atoms with Gasteiger partial charge in [-0.15, -0.1) is 0 Å². The van der Waals surface area contributed by atoms with Gasteiger partial charge in [-0.3, -0.25) is 4.99 Å². The zero-order chi connectivity index (χ0) is 22.2. The Labute approximate surface area is 174 Å². The van der Waals surface area contributed by atoms with Crippen molar-refractivity contribution >= 4 is 5.96 Å². The first-order valence-electron chi connectivity index (χ1n) is 9.64. The Balaban J connectivity index is 2.03. The molecule has 2 aromatic rings. The van der Waals surface area contributed by atoms with Crippen LogP contribution in [0.3, 0.4) is 0 Å². The second-order valence-corrected chi connectivity index (χ2v) is 6.72. The Morgan fingerprint density at radius 2 is 2.00 bits per heavy atom. The molecule has 0 aliphatic heterocycles. The van der Waals surface area contributed by atoms with Gasteiger partial charge in [-0.1, -0.05) is 18.2 Å². The van der Waals surface area contributed by atoms with Gasteiger partial charge in [0.05, 0.1) is 7.11 Å². The van der Waals surface area contributed by atoms with E-state index in [0.717, 1.165) is 15.9 Å². The lowest BCUT2D eigenvalue weighted by atomic mass is 9.98. The number of hydrogen-bond acceptors (Lipinski definition) is 4. The number of ether oxygens (including phenoxy) is 1. The number of nitrogens with one attached hydrogen (secondary N) is 2. The number of aliphatic hydroxyl groups is 1. The van der Waals surface area contributed by atoms with E-state index in [9.17, 15) is 18.3 Å². The van der Waals surface area contributed by atoms with Crippen molar-refractivity contribution in [1.82, 2.24) is 20.2 Å². The van der Waals surface area contributed by atoms with E-state index in [1.807, 2.05) is 31.2 Å². The third-order valence-corrected chi connectivity index (χ3v) is 4.63. The number of aryl methyl sites for hydroxylation is 1. The number of guanidine groups is 1. The van der Waals surface area contributed by atoms with Crippen LogP contribution in [0, 0.1) is 0 Å². The highest BCUT2D eigenvalue weighted by Crippen LogP contribution is 2.40. The van der Waals surface area contributed by atoms with Crippen LogP contribution in [-0.4, -0.2) is 53.5 Å². The van der Waals surface area contributed by atoms with Crippen LogP contribution in [0.4, 0.5) is 13.2 Å². The lowest BCUT2D eigenvalue weighted by Crippen LogP contribution is -2.45. The van der Waals surface area contributed by atoms with Crippen LogP contribution in [0.1, 0.15) is 24.7 Å². The summed E-state index contributed by atoms with van der Waals surface area (Å²) in [6, 6.07) is 7.60. The van der Waals surface area contributed by atoms with Crippen LogP contribution in [0.25, 0.3) is 0 Å². The van der Waals surface area contributed by atoms with E-state index in [0.29, 0.717) is 25.5 Å². The summed E-state index contributed by atoms with van der Waals surface area (Å²) < 4.78 is 47.2. The zero-order valence-corrected chi connectivity index (χ0v) is 17.3. The van der Waals surface area contributed by atoms with Gasteiger partial charge >= 0.3 is 6.18 Å². The topological polar surface area (TPSA) is 83.7 Å². The molecule has 3 N–H and O–H groups in total. The van der Waals surface area contributed by atoms with Crippen molar-refractivity contribution in [3.05, 3.63) is 48.0 Å². The van der Waals surface area contributed by atoms with Crippen LogP contribution in [-0.2, 0) is 19.1 Å². The SMILES string of the molecule is CCNC(=NCCC(O)(c1nccn1C)C(F)(F)F)NCCc1ccccc1OC. The smallest absolute Gasteiger partial charge is 0.424 e. The number of hydrogen-bond donors (Lipinski definition) is 3. The van der Waals surface area contributed by atoms with Crippen LogP contribution in [0.2, 0.25) is 0 Å². The first-order chi connectivity index (χ1) is 14.2. The van der Waals surface area contributed by atoms with Crippen molar-refractivity contribution in [2.24, 2.45) is 12.0 Å². The van der Waals surface area contributed by atoms with E-state index in [1.54, 1.807) is 7.11 Å². The minimum Gasteiger partial charge on any atom is -0.496 e. The number of nitrogens with zero attached hydrogens (tertiary/aromatic N) is 3. The van der Waals surface area contributed by atoms with Crippen LogP contribution in [0.5, 0.6) is 5.75 Å². The Hall–Kier alpha value is -2.75. The van der Waals surface area contributed by atoms with Gasteiger partial charge in [0.15, 0.2) is 5.96 Å². The first-order valence-corrected chi connectivity index (χ1v) is 9.64. The van der Waals surface area contributed by atoms with E-state index >= 15 is 0 Å². The molecule has 0 amide bonds. The molecule has 30 heavy (non-hydrogen) atoms. The molecule has 0 radical (unpaired) electrons. The lowest BCUT2D eigenvalue weighted by Gasteiger charge is -2.29. The molecular formula is C20H28F3N5O2. The molecular weight excluding hydrogens is 399 g/mol. The van der Waals surface area contributed by atoms with Gasteiger partial charge in [-0.25, -0.2) is 4.98 Å². The largest absolute Gasteiger partial charge is 0.496 e. The highest BCUT2D eigenvalue weighted by molar-refractivity contribution is 5.79. The van der Waals surface area contributed by atoms with Crippen LogP contribution >= 0.6 is 0 Å². The molecule has 0 saturated heterocycles. The molecule has 2 rings (SSSR count). The predicted octanol–water partition coefficient (Wildman–Crippen LogP) is 2.37. The van der Waals surface area contributed by atoms with Crippen molar-refractivity contribution < 1.29 is 23.0 Å². The summed E-state index contributed by atoms with van der Waals surface area (Å²) in [5.74, 6) is 0.683. The summed E-state index contributed by atoms with van der Waals surface area (Å²) in [4.78, 5) is 7.88. The number of aliphatic imine (C=N–C) groups is 1. The van der Waals surface area contributed by atoms with Gasteiger partial charge in [-0.05, 0) is 25.0 Å². The number of imidazole rings is 1. The van der Waals surface area contributed by atoms with Gasteiger partial charge in [0.2, 0.25) is 5.60 Å². The van der Waals surface area contributed by atoms with Crippen LogP contribution in [0.15, 0.2) is 41.7 Å². The number of benzene rings is 1. The fourth-order valence-corrected chi connectivity index (χ4v) is 3.04. The maximum absolute atomic E-state index is 13.6. The molecule has 1 aromatic carbocycles. The van der Waals surface area contributed by atoms with E-state index in [2.05, 4.69) is 20.6 Å². The molecule has 1 unspecified atom stereocenters. The number of para-hydroxylation sites is 1. The third kappa shape index (κ3) is 5.65. The Morgan fingerprint density at radius 3 is 2.60 bits per heavy atom. The average molecular weight is 427 g/mol. The number of alkyl halides is 3. The van der Waals surface area contributed by atoms with Crippen molar-refractivity contribution in [2.75, 3.05) is 26.7 Å². The molecule has 1 aromatic heterocycles. The summed E-state index contributed by atoms with van der Waals surface area (Å²) in [7, 11) is 3.01. The standard InChI is InChI=1S/C20H28F3N5O2/c1-4-24-18(26-11-9-15-7-5-6-8-16(15)30-3)27-12-10-19(29,20(21,22)23)17-25-13-14-28(17)2/h5-8,13-14,29H,4,9-12H2,1-3H3,(H2,24,26,27). The van der Waals surface area contributed by atoms with Gasteiger partial charge in [0, 0.05) is 45.5 Å². The quantitative estimate of drug-likeness (QED) is 0.423. The van der Waals surface area contributed by atoms with Gasteiger partial charge in [0.25, 0.3) is 0 Å². The second-order valence-electron chi connectivity index (χ2n) is 6.72. The maximum atomic E-state index is 13.6. The van der Waals surface area contributed by atoms with Crippen molar-refractivity contribution in [1.29, 1.82) is 0 Å². The lowest BCUT2D eigenvalue weighted by molar-refractivity contribution is -0.272. The molecule has 0 spiro atoms. The molecule has 1 heterocycles. The Morgan fingerprint density at radius 1 is 1.27 bits per heavy atom. The summed E-state index contributed by atoms with van der Waals surface area (Å²) in [6.07, 6.45) is -2.30. The van der Waals surface area contributed by atoms with E-state index in [-0.39, 0.29) is 6.54 Å². The first kappa shape index (κ1) is 23.5. The highest BCUT2D eigenvalue weighted by Gasteiger charge is 2.57. The average Bonchev–Trinajstić information content (AvgIpc) is 3.13. The van der Waals surface area contributed by atoms with E-state index in [4.69, 9.17) is 4.74 Å². The predicted molar refractivity (Wildman–Crippen MR) is 108 cm³/mol. The molecule has 0 bridgehead atoms. The van der Waals surface area contributed by atoms with E-state index < -0.39 is 24.0 Å². The molecule has 0 aliphatic carbocycles. The highest BCUT2D eigenvalue weighted by atomic mass is 19.4. The molecule has 0 saturated carbocycles. The summed E-state index contributed by atoms with van der Waals surface area (Å²) in [6.45, 7) is 2.67. The molecule has 7 nitrogen and oxygen atoms in total. The number of rotatable bonds is 9. The minimum absolute atomic E-state index is 0.243. The normalized spacial score (nSPS) is 14.3. The number of methoxy groups -OCH3 is 1. The number of halogens is 3. The molecule has 0 fully saturated rings. The molecule has 166 valence electrons. The van der Waals surface area contributed by atoms with Crippen LogP contribution < -0.4 is 15.4 Å². The molecule has 1 atom stereocenters. The summed E-state index contributed by atoms with van der Waals surface area (Å²) in [5.41, 5.74) is -2.08. The molecule has 0 aliphatic rings. The van der Waals surface area contributed by atoms with Crippen molar-refractivity contribution in [3.8, 4) is 5.75 Å². The second kappa shape index (κ2) is 10.3. The number of aromatic nitrogens is 2.